The third-order valence-corrected chi connectivity index (χ3v) is 9.53. The van der Waals surface area contributed by atoms with Crippen LogP contribution in [0.2, 0.25) is 25.7 Å². The summed E-state index contributed by atoms with van der Waals surface area (Å²) < 4.78 is 85.5. The van der Waals surface area contributed by atoms with Gasteiger partial charge in [0.2, 0.25) is 0 Å². The van der Waals surface area contributed by atoms with Gasteiger partial charge in [-0.15, -0.1) is 0 Å². The van der Waals surface area contributed by atoms with Gasteiger partial charge in [-0.05, 0) is 35.9 Å². The molecule has 1 aliphatic heterocycles. The van der Waals surface area contributed by atoms with Crippen LogP contribution < -0.4 is 14.4 Å². The Bertz CT molecular complexity index is 1740. The van der Waals surface area contributed by atoms with Crippen LogP contribution in [-0.4, -0.2) is 52.8 Å². The summed E-state index contributed by atoms with van der Waals surface area (Å²) in [5.41, 5.74) is -1.12. The van der Waals surface area contributed by atoms with Gasteiger partial charge in [0, 0.05) is 45.2 Å². The van der Waals surface area contributed by atoms with Crippen molar-refractivity contribution in [1.29, 1.82) is 0 Å². The molecule has 9 nitrogen and oxygen atoms in total. The predicted molar refractivity (Wildman–Crippen MR) is 159 cm³/mol. The molecule has 0 aliphatic carbocycles. The average Bonchev–Trinajstić information content (AvgIpc) is 3.57. The van der Waals surface area contributed by atoms with Crippen molar-refractivity contribution >= 4 is 47.5 Å². The molecule has 1 aromatic heterocycles. The number of amides is 1. The number of aromatic nitrogens is 2. The van der Waals surface area contributed by atoms with E-state index in [2.05, 4.69) is 30.1 Å². The van der Waals surface area contributed by atoms with E-state index < -0.39 is 59.5 Å². The van der Waals surface area contributed by atoms with E-state index in [1.54, 1.807) is 6.07 Å². The highest BCUT2D eigenvalue weighted by Gasteiger charge is 2.28. The third kappa shape index (κ3) is 6.05. The maximum Gasteiger partial charge on any atom is 0.272 e. The van der Waals surface area contributed by atoms with E-state index in [1.807, 2.05) is 0 Å². The Morgan fingerprint density at radius 1 is 1.16 bits per heavy atom. The Kier molecular flexibility index (Phi) is 8.65. The standard InChI is InChI=1S/C29H31F3N4O5SSi/c1-33-29(37)27-20-8-7-19(25(31)28(20)35(34-27)16-40-13-14-43(2,3)4)24-21(30)9-10-22(26(24)32)36(42(38)39)18-6-5-17-11-12-41-23(17)15-18/h5-10,15H,11-14,16H2,1-4H3,(H,33,37)(H,38,39)/p-1. The number of hydrogen-bond acceptors (Lipinski definition) is 6. The Morgan fingerprint density at radius 2 is 1.93 bits per heavy atom. The Morgan fingerprint density at radius 3 is 2.63 bits per heavy atom. The van der Waals surface area contributed by atoms with E-state index >= 15 is 13.2 Å². The number of halogens is 3. The SMILES string of the molecule is CNC(=O)c1nn(COCC[Si](C)(C)C)c2c(F)c(-c3c(F)ccc(N(c4ccc5c(c4)OCC5)S(=O)[O-])c3F)ccc12. The topological polar surface area (TPSA) is 109 Å². The number of nitrogens with zero attached hydrogens (tertiary/aromatic N) is 3. The van der Waals surface area contributed by atoms with Gasteiger partial charge in [-0.2, -0.15) is 5.10 Å². The van der Waals surface area contributed by atoms with Crippen LogP contribution in [0.4, 0.5) is 24.5 Å². The van der Waals surface area contributed by atoms with Gasteiger partial charge in [0.15, 0.2) is 17.3 Å². The van der Waals surface area contributed by atoms with Gasteiger partial charge in [0.1, 0.15) is 23.8 Å². The molecule has 0 fully saturated rings. The lowest BCUT2D eigenvalue weighted by Crippen LogP contribution is -2.22. The first-order chi connectivity index (χ1) is 20.4. The molecular formula is C29H30F3N4O5SSi-. The molecule has 0 spiro atoms. The fourth-order valence-corrected chi connectivity index (χ4v) is 6.21. The highest BCUT2D eigenvalue weighted by atomic mass is 32.2. The summed E-state index contributed by atoms with van der Waals surface area (Å²) in [6.07, 6.45) is 0.647. The van der Waals surface area contributed by atoms with Crippen molar-refractivity contribution in [1.82, 2.24) is 15.1 Å². The maximum atomic E-state index is 16.3. The summed E-state index contributed by atoms with van der Waals surface area (Å²) >= 11 is -3.03. The second-order valence-corrected chi connectivity index (χ2v) is 17.7. The van der Waals surface area contributed by atoms with Gasteiger partial charge in [-0.1, -0.05) is 31.8 Å². The molecule has 0 bridgehead atoms. The smallest absolute Gasteiger partial charge is 0.272 e. The molecule has 1 N–H and O–H groups in total. The number of ether oxygens (including phenoxy) is 2. The van der Waals surface area contributed by atoms with E-state index in [4.69, 9.17) is 9.47 Å². The molecule has 4 aromatic rings. The van der Waals surface area contributed by atoms with Gasteiger partial charge in [-0.3, -0.25) is 13.3 Å². The molecule has 1 amide bonds. The minimum absolute atomic E-state index is 0.0603. The molecule has 43 heavy (non-hydrogen) atoms. The zero-order valence-electron chi connectivity index (χ0n) is 24.0. The Hall–Kier alpha value is -3.72. The van der Waals surface area contributed by atoms with Gasteiger partial charge in [-0.25, -0.2) is 17.9 Å². The molecule has 1 aliphatic rings. The number of benzene rings is 3. The molecular weight excluding hydrogens is 601 g/mol. The van der Waals surface area contributed by atoms with Crippen LogP contribution in [0, 0.1) is 17.5 Å². The van der Waals surface area contributed by atoms with Gasteiger partial charge < -0.3 is 19.3 Å². The Balaban J connectivity index is 1.62. The van der Waals surface area contributed by atoms with Crippen molar-refractivity contribution < 1.29 is 36.2 Å². The van der Waals surface area contributed by atoms with Gasteiger partial charge >= 0.3 is 0 Å². The van der Waals surface area contributed by atoms with E-state index in [0.717, 1.165) is 34.5 Å². The quantitative estimate of drug-likeness (QED) is 0.138. The van der Waals surface area contributed by atoms with Crippen LogP contribution in [-0.2, 0) is 29.2 Å². The summed E-state index contributed by atoms with van der Waals surface area (Å²) in [7, 11) is -0.0277. The van der Waals surface area contributed by atoms with Crippen molar-refractivity contribution in [3.05, 3.63) is 71.2 Å². The fourth-order valence-electron chi connectivity index (χ4n) is 4.87. The minimum Gasteiger partial charge on any atom is -0.755 e. The molecule has 1 atom stereocenters. The largest absolute Gasteiger partial charge is 0.755 e. The number of nitrogens with one attached hydrogen (secondary N) is 1. The molecule has 2 heterocycles. The number of fused-ring (bicyclic) bond motifs is 2. The van der Waals surface area contributed by atoms with E-state index in [-0.39, 0.29) is 29.0 Å². The molecule has 3 aromatic carbocycles. The number of hydrogen-bond donors (Lipinski definition) is 1. The second kappa shape index (κ2) is 12.1. The summed E-state index contributed by atoms with van der Waals surface area (Å²) in [6, 6.07) is 9.76. The molecule has 0 saturated heterocycles. The number of rotatable bonds is 10. The van der Waals surface area contributed by atoms with Crippen molar-refractivity contribution in [2.45, 2.75) is 38.8 Å². The van der Waals surface area contributed by atoms with Crippen molar-refractivity contribution in [2.24, 2.45) is 0 Å². The summed E-state index contributed by atoms with van der Waals surface area (Å²) in [5, 5.41) is 6.81. The first-order valence-corrected chi connectivity index (χ1v) is 18.3. The molecule has 0 saturated carbocycles. The minimum atomic E-state index is -3.03. The molecule has 1 unspecified atom stereocenters. The maximum absolute atomic E-state index is 16.3. The van der Waals surface area contributed by atoms with Crippen LogP contribution in [0.5, 0.6) is 5.75 Å². The monoisotopic (exact) mass is 631 g/mol. The van der Waals surface area contributed by atoms with E-state index in [0.29, 0.717) is 29.7 Å². The highest BCUT2D eigenvalue weighted by Crippen LogP contribution is 2.40. The fraction of sp³-hybridized carbons (Fsp3) is 0.310. The zero-order valence-corrected chi connectivity index (χ0v) is 25.8. The average molecular weight is 632 g/mol. The van der Waals surface area contributed by atoms with Crippen molar-refractivity contribution in [3.63, 3.8) is 0 Å². The van der Waals surface area contributed by atoms with Gasteiger partial charge in [0.25, 0.3) is 5.91 Å². The number of anilines is 2. The lowest BCUT2D eigenvalue weighted by atomic mass is 10.00. The van der Waals surface area contributed by atoms with Crippen LogP contribution in [0.25, 0.3) is 22.0 Å². The molecule has 14 heteroatoms. The van der Waals surface area contributed by atoms with E-state index in [1.165, 1.54) is 25.2 Å². The second-order valence-electron chi connectivity index (χ2n) is 11.3. The van der Waals surface area contributed by atoms with E-state index in [9.17, 15) is 13.6 Å². The predicted octanol–water partition coefficient (Wildman–Crippen LogP) is 5.66. The van der Waals surface area contributed by atoms with Crippen LogP contribution in [0.3, 0.4) is 0 Å². The summed E-state index contributed by atoms with van der Waals surface area (Å²) in [6.45, 7) is 7.13. The first kappa shape index (κ1) is 30.7. The lowest BCUT2D eigenvalue weighted by molar-refractivity contribution is 0.0802. The van der Waals surface area contributed by atoms with Crippen molar-refractivity contribution in [3.8, 4) is 16.9 Å². The molecule has 0 radical (unpaired) electrons. The van der Waals surface area contributed by atoms with Gasteiger partial charge in [0.05, 0.1) is 34.8 Å². The van der Waals surface area contributed by atoms with Crippen LogP contribution >= 0.6 is 0 Å². The van der Waals surface area contributed by atoms with Crippen LogP contribution in [0.1, 0.15) is 16.1 Å². The molecule has 228 valence electrons. The van der Waals surface area contributed by atoms with Crippen molar-refractivity contribution in [2.75, 3.05) is 24.6 Å². The Labute approximate surface area is 250 Å². The third-order valence-electron chi connectivity index (χ3n) is 7.12. The normalized spacial score (nSPS) is 13.6. The summed E-state index contributed by atoms with van der Waals surface area (Å²) in [4.78, 5) is 12.5. The number of carbonyl (C=O) groups excluding carboxylic acids is 1. The highest BCUT2D eigenvalue weighted by molar-refractivity contribution is 7.81. The zero-order chi connectivity index (χ0) is 31.1. The first-order valence-electron chi connectivity index (χ1n) is 13.5. The number of carbonyl (C=O) groups is 1. The molecule has 5 rings (SSSR count). The van der Waals surface area contributed by atoms with Crippen LogP contribution in [0.15, 0.2) is 42.5 Å². The lowest BCUT2D eigenvalue weighted by Gasteiger charge is -2.28. The summed E-state index contributed by atoms with van der Waals surface area (Å²) in [5.74, 6) is -3.58.